The maximum atomic E-state index is 13.7. The second-order valence-electron chi connectivity index (χ2n) is 9.59. The summed E-state index contributed by atoms with van der Waals surface area (Å²) >= 11 is 0. The normalized spacial score (nSPS) is 15.8. The molecule has 194 valence electrons. The van der Waals surface area contributed by atoms with Crippen molar-refractivity contribution in [3.63, 3.8) is 0 Å². The summed E-state index contributed by atoms with van der Waals surface area (Å²) in [6, 6.07) is 8.82. The molecule has 36 heavy (non-hydrogen) atoms. The highest BCUT2D eigenvalue weighted by molar-refractivity contribution is 5.84. The number of benzene rings is 2. The Bertz CT molecular complexity index is 1140. The molecule has 0 amide bonds. The third-order valence-electron chi connectivity index (χ3n) is 7.32. The summed E-state index contributed by atoms with van der Waals surface area (Å²) in [6.45, 7) is 2.14. The van der Waals surface area contributed by atoms with Crippen LogP contribution in [0.15, 0.2) is 42.6 Å². The summed E-state index contributed by atoms with van der Waals surface area (Å²) in [4.78, 5) is 6.63. The Morgan fingerprint density at radius 2 is 1.81 bits per heavy atom. The zero-order valence-electron chi connectivity index (χ0n) is 20.6. The smallest absolute Gasteiger partial charge is 0.129 e. The van der Waals surface area contributed by atoms with Crippen molar-refractivity contribution < 1.29 is 27.8 Å². The molecule has 0 aliphatic carbocycles. The third kappa shape index (κ3) is 6.28. The number of aliphatic hydroxyl groups is 1. The fourth-order valence-electron chi connectivity index (χ4n) is 5.09. The molecule has 1 aliphatic rings. The Morgan fingerprint density at radius 1 is 1.06 bits per heavy atom. The molecule has 5 nitrogen and oxygen atoms in total. The Morgan fingerprint density at radius 3 is 2.47 bits per heavy atom. The van der Waals surface area contributed by atoms with Crippen LogP contribution in [0.1, 0.15) is 36.8 Å². The maximum absolute atomic E-state index is 13.7. The lowest BCUT2D eigenvalue weighted by atomic mass is 9.75. The van der Waals surface area contributed by atoms with E-state index in [9.17, 15) is 18.3 Å². The molecule has 0 unspecified atom stereocenters. The molecule has 2 aromatic carbocycles. The second kappa shape index (κ2) is 11.9. The second-order valence-corrected chi connectivity index (χ2v) is 9.59. The molecule has 3 aromatic rings. The van der Waals surface area contributed by atoms with Crippen molar-refractivity contribution in [1.82, 2.24) is 9.88 Å². The Labute approximate surface area is 209 Å². The van der Waals surface area contributed by atoms with Crippen molar-refractivity contribution in [1.29, 1.82) is 0 Å². The van der Waals surface area contributed by atoms with Crippen LogP contribution in [0.25, 0.3) is 10.9 Å². The van der Waals surface area contributed by atoms with Gasteiger partial charge < -0.3 is 14.6 Å². The summed E-state index contributed by atoms with van der Waals surface area (Å²) in [5.74, 6) is -0.420. The fourth-order valence-corrected chi connectivity index (χ4v) is 5.09. The van der Waals surface area contributed by atoms with E-state index >= 15 is 0 Å². The topological polar surface area (TPSA) is 54.8 Å². The predicted molar refractivity (Wildman–Crippen MR) is 133 cm³/mol. The van der Waals surface area contributed by atoms with E-state index < -0.39 is 18.3 Å². The van der Waals surface area contributed by atoms with E-state index in [1.165, 1.54) is 12.1 Å². The van der Waals surface area contributed by atoms with Gasteiger partial charge in [0.15, 0.2) is 0 Å². The van der Waals surface area contributed by atoms with Crippen LogP contribution in [-0.2, 0) is 13.1 Å². The number of alkyl halides is 1. The molecule has 4 rings (SSSR count). The van der Waals surface area contributed by atoms with Gasteiger partial charge in [-0.05, 0) is 74.4 Å². The largest absolute Gasteiger partial charge is 0.497 e. The number of nitrogens with zero attached hydrogens (tertiary/aromatic N) is 2. The van der Waals surface area contributed by atoms with E-state index in [4.69, 9.17) is 9.47 Å². The van der Waals surface area contributed by atoms with E-state index in [1.54, 1.807) is 13.3 Å². The molecule has 1 N–H and O–H groups in total. The van der Waals surface area contributed by atoms with Crippen LogP contribution in [0, 0.1) is 17.0 Å². The Hall–Kier alpha value is -2.84. The first-order valence-corrected chi connectivity index (χ1v) is 12.4. The summed E-state index contributed by atoms with van der Waals surface area (Å²) in [5.41, 5.74) is 2.20. The first-order chi connectivity index (χ1) is 17.4. The van der Waals surface area contributed by atoms with Crippen molar-refractivity contribution >= 4 is 10.9 Å². The van der Waals surface area contributed by atoms with Crippen molar-refractivity contribution in [2.24, 2.45) is 5.41 Å². The molecule has 1 aromatic heterocycles. The lowest BCUT2D eigenvalue weighted by Crippen LogP contribution is -2.43. The van der Waals surface area contributed by atoms with Crippen LogP contribution in [0.3, 0.4) is 0 Å². The van der Waals surface area contributed by atoms with Gasteiger partial charge in [-0.25, -0.2) is 13.2 Å². The van der Waals surface area contributed by atoms with E-state index in [0.29, 0.717) is 30.9 Å². The number of aromatic nitrogens is 1. The van der Waals surface area contributed by atoms with Crippen LogP contribution in [0.4, 0.5) is 13.2 Å². The van der Waals surface area contributed by atoms with Crippen molar-refractivity contribution in [3.8, 4) is 11.5 Å². The lowest BCUT2D eigenvalue weighted by molar-refractivity contribution is 0.0316. The zero-order chi connectivity index (χ0) is 25.5. The van der Waals surface area contributed by atoms with Crippen LogP contribution in [0.2, 0.25) is 0 Å². The lowest BCUT2D eigenvalue weighted by Gasteiger charge is -2.41. The highest BCUT2D eigenvalue weighted by atomic mass is 19.1. The Balaban J connectivity index is 1.31. The van der Waals surface area contributed by atoms with Gasteiger partial charge in [-0.3, -0.25) is 9.88 Å². The minimum atomic E-state index is -0.659. The van der Waals surface area contributed by atoms with Crippen LogP contribution in [-0.4, -0.2) is 54.9 Å². The maximum Gasteiger partial charge on any atom is 0.129 e. The number of halogens is 3. The van der Waals surface area contributed by atoms with E-state index in [0.717, 1.165) is 61.3 Å². The van der Waals surface area contributed by atoms with E-state index in [2.05, 4.69) is 9.88 Å². The van der Waals surface area contributed by atoms with Crippen molar-refractivity contribution in [3.05, 3.63) is 65.4 Å². The van der Waals surface area contributed by atoms with Gasteiger partial charge in [-0.1, -0.05) is 0 Å². The molecule has 8 heteroatoms. The van der Waals surface area contributed by atoms with Crippen molar-refractivity contribution in [2.75, 3.05) is 40.0 Å². The number of rotatable bonds is 11. The number of hydrogen-bond donors (Lipinski definition) is 1. The quantitative estimate of drug-likeness (QED) is 0.377. The highest BCUT2D eigenvalue weighted by Crippen LogP contribution is 2.37. The number of aryl methyl sites for hydroxylation is 1. The standard InChI is InChI=1S/C28H33F3N2O3/c1-35-23-4-5-27-26(16-23)25(20(17-29)18-32-27)3-2-6-28(19-34)7-9-33(10-8-28)11-12-36-24-14-21(30)13-22(31)15-24/h4-5,13-16,18,34H,2-3,6-12,17,19H2,1H3. The number of fused-ring (bicyclic) bond motifs is 1. The molecule has 0 atom stereocenters. The number of aliphatic hydroxyl groups excluding tert-OH is 1. The fraction of sp³-hybridized carbons (Fsp3) is 0.464. The van der Waals surface area contributed by atoms with Crippen LogP contribution < -0.4 is 9.47 Å². The van der Waals surface area contributed by atoms with Gasteiger partial charge in [0.2, 0.25) is 0 Å². The summed E-state index contributed by atoms with van der Waals surface area (Å²) in [5, 5.41) is 11.2. The number of methoxy groups -OCH3 is 1. The number of ether oxygens (including phenoxy) is 2. The minimum Gasteiger partial charge on any atom is -0.497 e. The molecule has 0 spiro atoms. The minimum absolute atomic E-state index is 0.112. The van der Waals surface area contributed by atoms with Crippen LogP contribution in [0.5, 0.6) is 11.5 Å². The summed E-state index contributed by atoms with van der Waals surface area (Å²) in [7, 11) is 1.61. The SMILES string of the molecule is COc1ccc2ncc(CF)c(CCCC3(CO)CCN(CCOc4cc(F)cc(F)c4)CC3)c2c1. The molecular formula is C28H33F3N2O3. The van der Waals surface area contributed by atoms with Gasteiger partial charge >= 0.3 is 0 Å². The Kier molecular flexibility index (Phi) is 8.69. The van der Waals surface area contributed by atoms with Gasteiger partial charge in [0.1, 0.15) is 36.4 Å². The number of likely N-dealkylation sites (tertiary alicyclic amines) is 1. The number of hydrogen-bond acceptors (Lipinski definition) is 5. The van der Waals surface area contributed by atoms with Crippen molar-refractivity contribution in [2.45, 2.75) is 38.8 Å². The van der Waals surface area contributed by atoms with Gasteiger partial charge in [-0.15, -0.1) is 0 Å². The number of pyridine rings is 1. The molecule has 0 bridgehead atoms. The molecule has 1 aliphatic heterocycles. The van der Waals surface area contributed by atoms with Gasteiger partial charge in [0.25, 0.3) is 0 Å². The molecule has 0 saturated carbocycles. The molecule has 2 heterocycles. The third-order valence-corrected chi connectivity index (χ3v) is 7.32. The average molecular weight is 503 g/mol. The van der Waals surface area contributed by atoms with Gasteiger partial charge in [0, 0.05) is 48.5 Å². The molecule has 0 radical (unpaired) electrons. The molecule has 1 saturated heterocycles. The first-order valence-electron chi connectivity index (χ1n) is 12.4. The first kappa shape index (κ1) is 26.2. The van der Waals surface area contributed by atoms with E-state index in [-0.39, 0.29) is 17.8 Å². The average Bonchev–Trinajstić information content (AvgIpc) is 2.89. The monoisotopic (exact) mass is 502 g/mol. The number of piperidine rings is 1. The highest BCUT2D eigenvalue weighted by Gasteiger charge is 2.33. The van der Waals surface area contributed by atoms with Gasteiger partial charge in [-0.2, -0.15) is 0 Å². The zero-order valence-corrected chi connectivity index (χ0v) is 20.6. The predicted octanol–water partition coefficient (Wildman–Crippen LogP) is 5.47. The summed E-state index contributed by atoms with van der Waals surface area (Å²) < 4.78 is 51.3. The molecule has 1 fully saturated rings. The summed E-state index contributed by atoms with van der Waals surface area (Å²) in [6.07, 6.45) is 5.69. The van der Waals surface area contributed by atoms with Crippen LogP contribution >= 0.6 is 0 Å². The molecular weight excluding hydrogens is 469 g/mol. The van der Waals surface area contributed by atoms with E-state index in [1.807, 2.05) is 18.2 Å². The van der Waals surface area contributed by atoms with Gasteiger partial charge in [0.05, 0.1) is 12.6 Å².